The van der Waals surface area contributed by atoms with E-state index in [0.29, 0.717) is 0 Å². The Bertz CT molecular complexity index is 378. The van der Waals surface area contributed by atoms with Crippen LogP contribution in [0, 0.1) is 0 Å². The van der Waals surface area contributed by atoms with Crippen molar-refractivity contribution in [3.63, 3.8) is 0 Å². The first-order valence-corrected chi connectivity index (χ1v) is 7.08. The van der Waals surface area contributed by atoms with Gasteiger partial charge in [-0.3, -0.25) is 0 Å². The van der Waals surface area contributed by atoms with Crippen molar-refractivity contribution in [1.82, 2.24) is 0 Å². The maximum absolute atomic E-state index is 9.94. The van der Waals surface area contributed by atoms with Crippen LogP contribution in [0.25, 0.3) is 0 Å². The smallest absolute Gasteiger partial charge is 0.187 e. The van der Waals surface area contributed by atoms with Gasteiger partial charge in [0.25, 0.3) is 0 Å². The fourth-order valence-electron chi connectivity index (χ4n) is 2.57. The van der Waals surface area contributed by atoms with Gasteiger partial charge in [-0.15, -0.1) is 0 Å². The summed E-state index contributed by atoms with van der Waals surface area (Å²) in [7, 11) is 0. The molecule has 2 saturated heterocycles. The second kappa shape index (κ2) is 7.63. The zero-order valence-electron chi connectivity index (χ0n) is 12.0. The Hall–Kier alpha value is -0.440. The van der Waals surface area contributed by atoms with E-state index in [9.17, 15) is 35.7 Å². The molecule has 0 unspecified atom stereocenters. The van der Waals surface area contributed by atoms with Gasteiger partial charge in [0.15, 0.2) is 12.6 Å². The lowest BCUT2D eigenvalue weighted by atomic mass is 9.97. The molecule has 0 aliphatic carbocycles. The van der Waals surface area contributed by atoms with Crippen LogP contribution in [0.3, 0.4) is 0 Å². The summed E-state index contributed by atoms with van der Waals surface area (Å²) in [6, 6.07) is 0. The third-order valence-corrected chi connectivity index (χ3v) is 3.98. The molecule has 2 rings (SSSR count). The van der Waals surface area contributed by atoms with Crippen LogP contribution < -0.4 is 0 Å². The van der Waals surface area contributed by atoms with E-state index in [0.717, 1.165) is 0 Å². The van der Waals surface area contributed by atoms with Crippen LogP contribution in [0.15, 0.2) is 0 Å². The van der Waals surface area contributed by atoms with Crippen molar-refractivity contribution in [2.75, 3.05) is 13.2 Å². The van der Waals surface area contributed by atoms with Crippen molar-refractivity contribution in [2.45, 2.75) is 61.4 Å². The molecule has 0 spiro atoms. The Kier molecular flexibility index (Phi) is 6.27. The third kappa shape index (κ3) is 3.65. The summed E-state index contributed by atoms with van der Waals surface area (Å²) in [5, 5.41) is 76.5. The predicted molar refractivity (Wildman–Crippen MR) is 68.6 cm³/mol. The van der Waals surface area contributed by atoms with Gasteiger partial charge in [-0.05, 0) is 0 Å². The van der Waals surface area contributed by atoms with Crippen LogP contribution in [0.2, 0.25) is 0 Å². The second-order valence-electron chi connectivity index (χ2n) is 5.53. The molecule has 0 radical (unpaired) electrons. The highest BCUT2D eigenvalue weighted by Crippen LogP contribution is 2.28. The molecule has 0 amide bonds. The first-order chi connectivity index (χ1) is 10.8. The molecule has 10 atom stereocenters. The first-order valence-electron chi connectivity index (χ1n) is 7.08. The van der Waals surface area contributed by atoms with Crippen molar-refractivity contribution in [2.24, 2.45) is 0 Å². The van der Waals surface area contributed by atoms with Crippen LogP contribution >= 0.6 is 0 Å². The minimum Gasteiger partial charge on any atom is -0.394 e. The van der Waals surface area contributed by atoms with E-state index >= 15 is 0 Å². The Morgan fingerprint density at radius 2 is 1.26 bits per heavy atom. The fraction of sp³-hybridized carbons (Fsp3) is 1.00. The molecule has 2 fully saturated rings. The molecule has 136 valence electrons. The van der Waals surface area contributed by atoms with Crippen LogP contribution in [0.4, 0.5) is 0 Å². The molecule has 2 aliphatic rings. The molecular weight excluding hydrogens is 320 g/mol. The van der Waals surface area contributed by atoms with Gasteiger partial charge in [0.2, 0.25) is 0 Å². The van der Waals surface area contributed by atoms with Crippen LogP contribution in [-0.2, 0) is 14.2 Å². The molecule has 0 saturated carbocycles. The normalized spacial score (nSPS) is 51.7. The quantitative estimate of drug-likeness (QED) is 0.243. The van der Waals surface area contributed by atoms with Gasteiger partial charge in [-0.2, -0.15) is 0 Å². The van der Waals surface area contributed by atoms with Gasteiger partial charge in [0.1, 0.15) is 48.8 Å². The summed E-state index contributed by atoms with van der Waals surface area (Å²) >= 11 is 0. The lowest BCUT2D eigenvalue weighted by molar-refractivity contribution is -0.355. The monoisotopic (exact) mass is 342 g/mol. The second-order valence-corrected chi connectivity index (χ2v) is 5.53. The van der Waals surface area contributed by atoms with Crippen LogP contribution in [0.1, 0.15) is 0 Å². The van der Waals surface area contributed by atoms with E-state index in [-0.39, 0.29) is 0 Å². The highest BCUT2D eigenvalue weighted by atomic mass is 16.7. The van der Waals surface area contributed by atoms with Crippen molar-refractivity contribution in [3.8, 4) is 0 Å². The van der Waals surface area contributed by atoms with Crippen molar-refractivity contribution >= 4 is 0 Å². The lowest BCUT2D eigenvalue weighted by Gasteiger charge is -2.45. The Labute approximate surface area is 130 Å². The van der Waals surface area contributed by atoms with E-state index in [1.807, 2.05) is 0 Å². The zero-order valence-corrected chi connectivity index (χ0v) is 12.0. The summed E-state index contributed by atoms with van der Waals surface area (Å²) in [5.41, 5.74) is 0. The van der Waals surface area contributed by atoms with Gasteiger partial charge in [-0.25, -0.2) is 0 Å². The maximum atomic E-state index is 9.94. The average molecular weight is 342 g/mol. The zero-order chi connectivity index (χ0) is 17.3. The summed E-state index contributed by atoms with van der Waals surface area (Å²) in [5.74, 6) is 0. The van der Waals surface area contributed by atoms with Gasteiger partial charge >= 0.3 is 0 Å². The number of hydrogen-bond donors (Lipinski definition) is 8. The maximum Gasteiger partial charge on any atom is 0.187 e. The highest BCUT2D eigenvalue weighted by molar-refractivity contribution is 4.93. The van der Waals surface area contributed by atoms with E-state index in [4.69, 9.17) is 19.3 Å². The average Bonchev–Trinajstić information content (AvgIpc) is 2.55. The largest absolute Gasteiger partial charge is 0.394 e. The predicted octanol–water partition coefficient (Wildman–Crippen LogP) is -5.40. The van der Waals surface area contributed by atoms with Gasteiger partial charge < -0.3 is 55.1 Å². The summed E-state index contributed by atoms with van der Waals surface area (Å²) < 4.78 is 15.3. The first kappa shape index (κ1) is 18.9. The standard InChI is InChI=1S/C12H22O11/c13-1-3-5(15)6(16)9(19)12(22-3)23-10-4(2-14)21-11(20)8(18)7(10)17/h3-20H,1-2H2/t3-,4-,5+,6+,7-,8+,9-,10-,11-,12+/m1/s1. The SMILES string of the molecule is OC[C@H]1O[C@@H](O[C@H]2[C@H](O)[C@H](O)[C@H](O)O[C@@H]2CO)[C@H](O)[C@@H](O)[C@H]1O. The van der Waals surface area contributed by atoms with Crippen molar-refractivity contribution < 1.29 is 55.1 Å². The molecule has 11 heteroatoms. The molecule has 2 aliphatic heterocycles. The highest BCUT2D eigenvalue weighted by Gasteiger charge is 2.50. The van der Waals surface area contributed by atoms with Crippen LogP contribution in [0.5, 0.6) is 0 Å². The molecule has 2 heterocycles. The van der Waals surface area contributed by atoms with Gasteiger partial charge in [0.05, 0.1) is 13.2 Å². The lowest BCUT2D eigenvalue weighted by Crippen LogP contribution is -2.64. The van der Waals surface area contributed by atoms with Gasteiger partial charge in [0, 0.05) is 0 Å². The van der Waals surface area contributed by atoms with Crippen molar-refractivity contribution in [1.29, 1.82) is 0 Å². The van der Waals surface area contributed by atoms with E-state index in [1.165, 1.54) is 0 Å². The van der Waals surface area contributed by atoms with Gasteiger partial charge in [-0.1, -0.05) is 0 Å². The molecule has 11 nitrogen and oxygen atoms in total. The molecule has 8 N–H and O–H groups in total. The molecule has 23 heavy (non-hydrogen) atoms. The van der Waals surface area contributed by atoms with Crippen molar-refractivity contribution in [3.05, 3.63) is 0 Å². The molecule has 0 bridgehead atoms. The summed E-state index contributed by atoms with van der Waals surface area (Å²) in [6.07, 6.45) is -15.6. The number of aliphatic hydroxyl groups is 8. The topological polar surface area (TPSA) is 190 Å². The number of ether oxygens (including phenoxy) is 3. The molecule has 0 aromatic heterocycles. The number of hydrogen-bond acceptors (Lipinski definition) is 11. The Morgan fingerprint density at radius 1 is 0.652 bits per heavy atom. The minimum absolute atomic E-state index is 0.667. The van der Waals surface area contributed by atoms with E-state index in [2.05, 4.69) is 0 Å². The summed E-state index contributed by atoms with van der Waals surface area (Å²) in [6.45, 7) is -1.35. The minimum atomic E-state index is -1.74. The Morgan fingerprint density at radius 3 is 1.83 bits per heavy atom. The molecule has 0 aromatic rings. The van der Waals surface area contributed by atoms with Crippen LogP contribution in [-0.4, -0.2) is 115 Å². The number of rotatable bonds is 4. The number of aliphatic hydroxyl groups excluding tert-OH is 8. The molecule has 0 aromatic carbocycles. The Balaban J connectivity index is 2.11. The molecular formula is C12H22O11. The van der Waals surface area contributed by atoms with E-state index < -0.39 is 74.6 Å². The third-order valence-electron chi connectivity index (χ3n) is 3.98. The fourth-order valence-corrected chi connectivity index (χ4v) is 2.57. The van der Waals surface area contributed by atoms with E-state index in [1.54, 1.807) is 0 Å². The summed E-state index contributed by atoms with van der Waals surface area (Å²) in [4.78, 5) is 0.